The van der Waals surface area contributed by atoms with Gasteiger partial charge in [0.15, 0.2) is 6.10 Å². The van der Waals surface area contributed by atoms with Crippen LogP contribution < -0.4 is 10.6 Å². The van der Waals surface area contributed by atoms with Gasteiger partial charge in [-0.1, -0.05) is 35.0 Å². The second-order valence-electron chi connectivity index (χ2n) is 6.17. The first-order chi connectivity index (χ1) is 12.1. The van der Waals surface area contributed by atoms with Gasteiger partial charge >= 0.3 is 6.03 Å². The summed E-state index contributed by atoms with van der Waals surface area (Å²) in [5.41, 5.74) is 4.27. The lowest BCUT2D eigenvalue weighted by Gasteiger charge is -2.11. The molecule has 3 rings (SSSR count). The molecule has 0 radical (unpaired) electrons. The van der Waals surface area contributed by atoms with Gasteiger partial charge in [0, 0.05) is 38.3 Å². The Kier molecular flexibility index (Phi) is 5.33. The number of urea groups is 1. The van der Waals surface area contributed by atoms with Crippen LogP contribution in [0.25, 0.3) is 0 Å². The molecule has 2 heterocycles. The number of rotatable bonds is 6. The van der Waals surface area contributed by atoms with Crippen molar-refractivity contribution in [2.45, 2.75) is 25.9 Å². The third-order valence-corrected chi connectivity index (χ3v) is 4.20. The SMILES string of the molecule is Cc1ccc(C2=NO[C@@H](CNC(=O)NCCc3ccnn3C)C2)cc1. The molecule has 7 nitrogen and oxygen atoms in total. The fourth-order valence-corrected chi connectivity index (χ4v) is 2.67. The van der Waals surface area contributed by atoms with E-state index in [0.29, 0.717) is 19.5 Å². The molecule has 0 saturated carbocycles. The van der Waals surface area contributed by atoms with Crippen LogP contribution in [0.3, 0.4) is 0 Å². The van der Waals surface area contributed by atoms with E-state index >= 15 is 0 Å². The highest BCUT2D eigenvalue weighted by Crippen LogP contribution is 2.16. The normalized spacial score (nSPS) is 16.2. The number of nitrogens with one attached hydrogen (secondary N) is 2. The minimum Gasteiger partial charge on any atom is -0.390 e. The molecule has 2 aromatic rings. The number of nitrogens with zero attached hydrogens (tertiary/aromatic N) is 3. The van der Waals surface area contributed by atoms with Gasteiger partial charge in [0.1, 0.15) is 0 Å². The number of carbonyl (C=O) groups excluding carboxylic acids is 1. The summed E-state index contributed by atoms with van der Waals surface area (Å²) in [5.74, 6) is 0. The van der Waals surface area contributed by atoms with Gasteiger partial charge in [-0.3, -0.25) is 4.68 Å². The van der Waals surface area contributed by atoms with Gasteiger partial charge in [-0.15, -0.1) is 0 Å². The van der Waals surface area contributed by atoms with Crippen molar-refractivity contribution in [2.75, 3.05) is 13.1 Å². The zero-order chi connectivity index (χ0) is 17.6. The number of hydrogen-bond acceptors (Lipinski definition) is 4. The van der Waals surface area contributed by atoms with Crippen LogP contribution >= 0.6 is 0 Å². The van der Waals surface area contributed by atoms with Crippen molar-refractivity contribution in [1.29, 1.82) is 0 Å². The molecule has 2 amide bonds. The van der Waals surface area contributed by atoms with Crippen molar-refractivity contribution < 1.29 is 9.63 Å². The first-order valence-corrected chi connectivity index (χ1v) is 8.40. The molecular formula is C18H23N5O2. The Balaban J connectivity index is 1.36. The summed E-state index contributed by atoms with van der Waals surface area (Å²) in [6.45, 7) is 3.04. The predicted octanol–water partition coefficient (Wildman–Crippen LogP) is 1.76. The number of benzene rings is 1. The van der Waals surface area contributed by atoms with Crippen LogP contribution in [0.5, 0.6) is 0 Å². The van der Waals surface area contributed by atoms with E-state index in [0.717, 1.165) is 23.4 Å². The molecule has 0 aliphatic carbocycles. The molecule has 0 bridgehead atoms. The van der Waals surface area contributed by atoms with Crippen LogP contribution in [0.4, 0.5) is 4.79 Å². The minimum absolute atomic E-state index is 0.126. The fourth-order valence-electron chi connectivity index (χ4n) is 2.67. The molecular weight excluding hydrogens is 318 g/mol. The molecule has 2 N–H and O–H groups in total. The maximum Gasteiger partial charge on any atom is 0.314 e. The lowest BCUT2D eigenvalue weighted by molar-refractivity contribution is 0.0865. The largest absolute Gasteiger partial charge is 0.390 e. The number of hydrogen-bond donors (Lipinski definition) is 2. The quantitative estimate of drug-likeness (QED) is 0.840. The number of carbonyl (C=O) groups is 1. The Morgan fingerprint density at radius 1 is 1.28 bits per heavy atom. The smallest absolute Gasteiger partial charge is 0.314 e. The Bertz CT molecular complexity index is 751. The minimum atomic E-state index is -0.199. The van der Waals surface area contributed by atoms with Crippen LogP contribution in [0.2, 0.25) is 0 Å². The third kappa shape index (κ3) is 4.59. The molecule has 0 fully saturated rings. The molecule has 1 atom stereocenters. The summed E-state index contributed by atoms with van der Waals surface area (Å²) in [6, 6.07) is 9.93. The van der Waals surface area contributed by atoms with Crippen LogP contribution in [-0.2, 0) is 18.3 Å². The van der Waals surface area contributed by atoms with E-state index in [4.69, 9.17) is 4.84 Å². The predicted molar refractivity (Wildman–Crippen MR) is 95.5 cm³/mol. The molecule has 1 aromatic carbocycles. The van der Waals surface area contributed by atoms with Crippen molar-refractivity contribution in [1.82, 2.24) is 20.4 Å². The van der Waals surface area contributed by atoms with E-state index in [1.54, 1.807) is 10.9 Å². The summed E-state index contributed by atoms with van der Waals surface area (Å²) < 4.78 is 1.80. The standard InChI is InChI=1S/C18H23N5O2/c1-13-3-5-14(6-4-13)17-11-16(25-22-17)12-20-18(24)19-9-7-15-8-10-21-23(15)2/h3-6,8,10,16H,7,9,11-12H2,1-2H3,(H2,19,20,24)/t16-/m1/s1. The van der Waals surface area contributed by atoms with Gasteiger partial charge in [0.2, 0.25) is 0 Å². The maximum absolute atomic E-state index is 11.9. The number of oxime groups is 1. The molecule has 132 valence electrons. The van der Waals surface area contributed by atoms with Gasteiger partial charge in [-0.25, -0.2) is 4.79 Å². The number of aromatic nitrogens is 2. The molecule has 25 heavy (non-hydrogen) atoms. The van der Waals surface area contributed by atoms with E-state index in [2.05, 4.69) is 39.9 Å². The second kappa shape index (κ2) is 7.83. The average Bonchev–Trinajstić information content (AvgIpc) is 3.23. The average molecular weight is 341 g/mol. The summed E-state index contributed by atoms with van der Waals surface area (Å²) in [7, 11) is 1.89. The van der Waals surface area contributed by atoms with Crippen molar-refractivity contribution in [3.8, 4) is 0 Å². The Morgan fingerprint density at radius 3 is 2.80 bits per heavy atom. The lowest BCUT2D eigenvalue weighted by atomic mass is 10.0. The lowest BCUT2D eigenvalue weighted by Crippen LogP contribution is -2.40. The van der Waals surface area contributed by atoms with Gasteiger partial charge < -0.3 is 15.5 Å². The highest BCUT2D eigenvalue weighted by atomic mass is 16.6. The molecule has 1 aliphatic rings. The van der Waals surface area contributed by atoms with Crippen LogP contribution in [0.1, 0.15) is 23.2 Å². The summed E-state index contributed by atoms with van der Waals surface area (Å²) in [6.07, 6.45) is 3.06. The Hall–Kier alpha value is -2.83. The highest BCUT2D eigenvalue weighted by Gasteiger charge is 2.22. The van der Waals surface area contributed by atoms with E-state index in [1.165, 1.54) is 5.56 Å². The summed E-state index contributed by atoms with van der Waals surface area (Å²) >= 11 is 0. The van der Waals surface area contributed by atoms with Crippen LogP contribution in [-0.4, -0.2) is 40.7 Å². The number of aryl methyl sites for hydroxylation is 2. The van der Waals surface area contributed by atoms with E-state index < -0.39 is 0 Å². The number of amides is 2. The molecule has 0 spiro atoms. The van der Waals surface area contributed by atoms with Gasteiger partial charge in [-0.2, -0.15) is 5.10 Å². The highest BCUT2D eigenvalue weighted by molar-refractivity contribution is 6.01. The first kappa shape index (κ1) is 17.0. The van der Waals surface area contributed by atoms with Crippen molar-refractivity contribution >= 4 is 11.7 Å². The zero-order valence-corrected chi connectivity index (χ0v) is 14.5. The third-order valence-electron chi connectivity index (χ3n) is 4.20. The topological polar surface area (TPSA) is 80.5 Å². The molecule has 7 heteroatoms. The van der Waals surface area contributed by atoms with Crippen molar-refractivity contribution in [3.63, 3.8) is 0 Å². The fraction of sp³-hybridized carbons (Fsp3) is 0.389. The molecule has 1 aliphatic heterocycles. The van der Waals surface area contributed by atoms with Crippen molar-refractivity contribution in [2.24, 2.45) is 12.2 Å². The van der Waals surface area contributed by atoms with Gasteiger partial charge in [0.25, 0.3) is 0 Å². The van der Waals surface area contributed by atoms with Crippen LogP contribution in [0.15, 0.2) is 41.7 Å². The van der Waals surface area contributed by atoms with Gasteiger partial charge in [-0.05, 0) is 18.6 Å². The molecule has 0 saturated heterocycles. The zero-order valence-electron chi connectivity index (χ0n) is 14.5. The molecule has 0 unspecified atom stereocenters. The van der Waals surface area contributed by atoms with E-state index in [9.17, 15) is 4.79 Å². The second-order valence-corrected chi connectivity index (χ2v) is 6.17. The molecule has 1 aromatic heterocycles. The van der Waals surface area contributed by atoms with Gasteiger partial charge in [0.05, 0.1) is 12.3 Å². The summed E-state index contributed by atoms with van der Waals surface area (Å²) in [5, 5.41) is 13.9. The van der Waals surface area contributed by atoms with Crippen molar-refractivity contribution in [3.05, 3.63) is 53.3 Å². The first-order valence-electron chi connectivity index (χ1n) is 8.40. The van der Waals surface area contributed by atoms with Crippen LogP contribution in [0, 0.1) is 6.92 Å². The monoisotopic (exact) mass is 341 g/mol. The summed E-state index contributed by atoms with van der Waals surface area (Å²) in [4.78, 5) is 17.3. The van der Waals surface area contributed by atoms with E-state index in [1.807, 2.05) is 25.2 Å². The van der Waals surface area contributed by atoms with E-state index in [-0.39, 0.29) is 12.1 Å². The maximum atomic E-state index is 11.9. The Labute approximate surface area is 147 Å². The Morgan fingerprint density at radius 2 is 2.08 bits per heavy atom.